The maximum absolute atomic E-state index is 4.80. The summed E-state index contributed by atoms with van der Waals surface area (Å²) in [5.74, 6) is 1.70. The summed E-state index contributed by atoms with van der Waals surface area (Å²) in [7, 11) is 0. The molecule has 4 heteroatoms. The molecule has 4 aromatic rings. The average molecular weight is 345 g/mol. The van der Waals surface area contributed by atoms with Crippen molar-refractivity contribution in [3.05, 3.63) is 77.2 Å². The van der Waals surface area contributed by atoms with E-state index >= 15 is 0 Å². The maximum Gasteiger partial charge on any atom is 0.163 e. The third-order valence-corrected chi connectivity index (χ3v) is 5.04. The van der Waals surface area contributed by atoms with Crippen LogP contribution in [-0.4, -0.2) is 16.5 Å². The van der Waals surface area contributed by atoms with Crippen LogP contribution in [0.3, 0.4) is 0 Å². The Morgan fingerprint density at radius 3 is 2.40 bits per heavy atom. The summed E-state index contributed by atoms with van der Waals surface area (Å²) >= 11 is 1.71. The topological polar surface area (TPSA) is 37.8 Å². The minimum absolute atomic E-state index is 0.775. The summed E-state index contributed by atoms with van der Waals surface area (Å²) in [5, 5.41) is 4.62. The van der Waals surface area contributed by atoms with E-state index in [1.54, 1.807) is 11.3 Å². The molecule has 0 aliphatic rings. The van der Waals surface area contributed by atoms with Gasteiger partial charge in [-0.15, -0.1) is 11.3 Å². The first-order chi connectivity index (χ1) is 12.3. The van der Waals surface area contributed by atoms with Gasteiger partial charge in [-0.3, -0.25) is 0 Å². The van der Waals surface area contributed by atoms with Crippen molar-refractivity contribution in [2.45, 2.75) is 13.3 Å². The molecule has 0 atom stereocenters. The maximum atomic E-state index is 4.80. The minimum atomic E-state index is 0.775. The Morgan fingerprint density at radius 1 is 0.920 bits per heavy atom. The molecule has 2 aromatic carbocycles. The largest absolute Gasteiger partial charge is 0.369 e. The number of aromatic nitrogens is 2. The fourth-order valence-electron chi connectivity index (χ4n) is 2.86. The van der Waals surface area contributed by atoms with Gasteiger partial charge in [0.1, 0.15) is 10.6 Å². The molecule has 0 bridgehead atoms. The van der Waals surface area contributed by atoms with Gasteiger partial charge < -0.3 is 5.32 Å². The number of rotatable bonds is 5. The lowest BCUT2D eigenvalue weighted by Gasteiger charge is -2.09. The number of fused-ring (bicyclic) bond motifs is 1. The van der Waals surface area contributed by atoms with Crippen molar-refractivity contribution in [2.75, 3.05) is 11.9 Å². The lowest BCUT2D eigenvalue weighted by molar-refractivity contribution is 1.01. The quantitative estimate of drug-likeness (QED) is 0.532. The number of nitrogens with one attached hydrogen (secondary N) is 1. The average Bonchev–Trinajstić information content (AvgIpc) is 3.03. The molecule has 0 amide bonds. The molecule has 0 aliphatic carbocycles. The molecule has 2 heterocycles. The molecular formula is C21H19N3S. The predicted molar refractivity (Wildman–Crippen MR) is 106 cm³/mol. The van der Waals surface area contributed by atoms with Crippen LogP contribution in [0.1, 0.15) is 10.4 Å². The SMILES string of the molecule is Cc1cc2c(NCCc3ccccc3)nc(-c3ccccc3)nc2s1. The van der Waals surface area contributed by atoms with Crippen molar-refractivity contribution < 1.29 is 0 Å². The Morgan fingerprint density at radius 2 is 1.64 bits per heavy atom. The van der Waals surface area contributed by atoms with Crippen molar-refractivity contribution >= 4 is 27.4 Å². The van der Waals surface area contributed by atoms with Crippen molar-refractivity contribution in [3.8, 4) is 11.4 Å². The van der Waals surface area contributed by atoms with Gasteiger partial charge in [0.15, 0.2) is 5.82 Å². The van der Waals surface area contributed by atoms with Gasteiger partial charge in [-0.05, 0) is 25.0 Å². The van der Waals surface area contributed by atoms with Crippen LogP contribution in [0.2, 0.25) is 0 Å². The first kappa shape index (κ1) is 15.8. The van der Waals surface area contributed by atoms with E-state index < -0.39 is 0 Å². The normalized spacial score (nSPS) is 10.9. The lowest BCUT2D eigenvalue weighted by atomic mass is 10.1. The predicted octanol–water partition coefficient (Wildman–Crippen LogP) is 5.32. The second-order valence-electron chi connectivity index (χ2n) is 6.00. The van der Waals surface area contributed by atoms with Crippen LogP contribution in [0.5, 0.6) is 0 Å². The molecule has 3 nitrogen and oxygen atoms in total. The zero-order valence-electron chi connectivity index (χ0n) is 14.1. The Bertz CT molecular complexity index is 978. The molecule has 0 saturated carbocycles. The zero-order valence-corrected chi connectivity index (χ0v) is 14.9. The molecule has 0 unspecified atom stereocenters. The van der Waals surface area contributed by atoms with E-state index in [-0.39, 0.29) is 0 Å². The minimum Gasteiger partial charge on any atom is -0.369 e. The van der Waals surface area contributed by atoms with Crippen LogP contribution in [0, 0.1) is 6.92 Å². The summed E-state index contributed by atoms with van der Waals surface area (Å²) in [6.07, 6.45) is 0.968. The summed E-state index contributed by atoms with van der Waals surface area (Å²) in [6.45, 7) is 2.96. The summed E-state index contributed by atoms with van der Waals surface area (Å²) in [4.78, 5) is 11.8. The second kappa shape index (κ2) is 7.03. The van der Waals surface area contributed by atoms with Gasteiger partial charge in [-0.25, -0.2) is 9.97 Å². The number of hydrogen-bond donors (Lipinski definition) is 1. The van der Waals surface area contributed by atoms with Crippen LogP contribution in [0.4, 0.5) is 5.82 Å². The van der Waals surface area contributed by atoms with Gasteiger partial charge in [-0.2, -0.15) is 0 Å². The van der Waals surface area contributed by atoms with Crippen LogP contribution in [-0.2, 0) is 6.42 Å². The first-order valence-corrected chi connectivity index (χ1v) is 9.22. The van der Waals surface area contributed by atoms with Gasteiger partial charge in [0.2, 0.25) is 0 Å². The van der Waals surface area contributed by atoms with Crippen molar-refractivity contribution in [2.24, 2.45) is 0 Å². The smallest absolute Gasteiger partial charge is 0.163 e. The number of anilines is 1. The fraction of sp³-hybridized carbons (Fsp3) is 0.143. The van der Waals surface area contributed by atoms with E-state index in [0.29, 0.717) is 0 Å². The standard InChI is InChI=1S/C21H19N3S/c1-15-14-18-20(22-13-12-16-8-4-2-5-9-16)23-19(24-21(18)25-15)17-10-6-3-7-11-17/h2-11,14H,12-13H2,1H3,(H,22,23,24). The Kier molecular flexibility index (Phi) is 4.44. The van der Waals surface area contributed by atoms with E-state index in [1.807, 2.05) is 24.3 Å². The van der Waals surface area contributed by atoms with Crippen molar-refractivity contribution in [3.63, 3.8) is 0 Å². The van der Waals surface area contributed by atoms with E-state index in [2.05, 4.69) is 54.7 Å². The fourth-order valence-corrected chi connectivity index (χ4v) is 3.74. The van der Waals surface area contributed by atoms with Crippen LogP contribution >= 0.6 is 11.3 Å². The van der Waals surface area contributed by atoms with E-state index in [0.717, 1.165) is 40.4 Å². The van der Waals surface area contributed by atoms with E-state index in [4.69, 9.17) is 9.97 Å². The highest BCUT2D eigenvalue weighted by Gasteiger charge is 2.11. The van der Waals surface area contributed by atoms with Crippen molar-refractivity contribution in [1.29, 1.82) is 0 Å². The van der Waals surface area contributed by atoms with Gasteiger partial charge in [0, 0.05) is 17.0 Å². The van der Waals surface area contributed by atoms with Gasteiger partial charge in [-0.1, -0.05) is 60.7 Å². The zero-order chi connectivity index (χ0) is 17.1. The third kappa shape index (κ3) is 3.54. The first-order valence-electron chi connectivity index (χ1n) is 8.41. The second-order valence-corrected chi connectivity index (χ2v) is 7.23. The lowest BCUT2D eigenvalue weighted by Crippen LogP contribution is -2.07. The molecule has 124 valence electrons. The molecule has 0 spiro atoms. The third-order valence-electron chi connectivity index (χ3n) is 4.10. The summed E-state index contributed by atoms with van der Waals surface area (Å²) < 4.78 is 0. The molecule has 0 fully saturated rings. The monoisotopic (exact) mass is 345 g/mol. The highest BCUT2D eigenvalue weighted by molar-refractivity contribution is 7.18. The molecule has 2 aromatic heterocycles. The highest BCUT2D eigenvalue weighted by atomic mass is 32.1. The number of nitrogens with zero attached hydrogens (tertiary/aromatic N) is 2. The molecule has 25 heavy (non-hydrogen) atoms. The van der Waals surface area contributed by atoms with Crippen LogP contribution < -0.4 is 5.32 Å². The number of thiophene rings is 1. The van der Waals surface area contributed by atoms with E-state index in [9.17, 15) is 0 Å². The highest BCUT2D eigenvalue weighted by Crippen LogP contribution is 2.30. The molecule has 4 rings (SSSR count). The molecule has 0 radical (unpaired) electrons. The molecular weight excluding hydrogens is 326 g/mol. The van der Waals surface area contributed by atoms with Crippen LogP contribution in [0.15, 0.2) is 66.7 Å². The number of benzene rings is 2. The number of hydrogen-bond acceptors (Lipinski definition) is 4. The molecule has 0 aliphatic heterocycles. The molecule has 0 saturated heterocycles. The van der Waals surface area contributed by atoms with Gasteiger partial charge in [0.25, 0.3) is 0 Å². The summed E-state index contributed by atoms with van der Waals surface area (Å²) in [5.41, 5.74) is 2.37. The Balaban J connectivity index is 1.64. The Hall–Kier alpha value is -2.72. The van der Waals surface area contributed by atoms with Gasteiger partial charge >= 0.3 is 0 Å². The summed E-state index contributed by atoms with van der Waals surface area (Å²) in [6, 6.07) is 22.8. The molecule has 1 N–H and O–H groups in total. The Labute approximate surface area is 151 Å². The van der Waals surface area contributed by atoms with E-state index in [1.165, 1.54) is 10.4 Å². The van der Waals surface area contributed by atoms with Crippen molar-refractivity contribution in [1.82, 2.24) is 9.97 Å². The van der Waals surface area contributed by atoms with Crippen LogP contribution in [0.25, 0.3) is 21.6 Å². The number of aryl methyl sites for hydroxylation is 1. The van der Waals surface area contributed by atoms with Gasteiger partial charge in [0.05, 0.1) is 5.39 Å².